The third-order valence-corrected chi connectivity index (χ3v) is 4.97. The van der Waals surface area contributed by atoms with Gasteiger partial charge < -0.3 is 5.32 Å². The summed E-state index contributed by atoms with van der Waals surface area (Å²) in [7, 11) is 0. The van der Waals surface area contributed by atoms with E-state index in [-0.39, 0.29) is 0 Å². The zero-order chi connectivity index (χ0) is 14.0. The summed E-state index contributed by atoms with van der Waals surface area (Å²) in [5.41, 5.74) is 5.69. The van der Waals surface area contributed by atoms with Crippen LogP contribution in [0.4, 0.5) is 0 Å². The average molecular weight is 259 g/mol. The number of hydrogen-bond acceptors (Lipinski definition) is 1. The minimum absolute atomic E-state index is 0.454. The van der Waals surface area contributed by atoms with Crippen LogP contribution in [0.2, 0.25) is 0 Å². The first-order valence-electron chi connectivity index (χ1n) is 7.83. The first-order chi connectivity index (χ1) is 8.99. The zero-order valence-corrected chi connectivity index (χ0v) is 13.2. The summed E-state index contributed by atoms with van der Waals surface area (Å²) in [5.74, 6) is 0.884. The number of aryl methyl sites for hydroxylation is 3. The van der Waals surface area contributed by atoms with Crippen molar-refractivity contribution in [2.75, 3.05) is 0 Å². The largest absolute Gasteiger partial charge is 0.307 e. The van der Waals surface area contributed by atoms with Gasteiger partial charge in [-0.05, 0) is 75.6 Å². The van der Waals surface area contributed by atoms with Gasteiger partial charge >= 0.3 is 0 Å². The molecule has 0 spiro atoms. The molecule has 1 aromatic carbocycles. The van der Waals surface area contributed by atoms with Gasteiger partial charge in [-0.25, -0.2) is 0 Å². The van der Waals surface area contributed by atoms with E-state index >= 15 is 0 Å². The molecule has 1 heteroatoms. The predicted molar refractivity (Wildman–Crippen MR) is 83.6 cm³/mol. The summed E-state index contributed by atoms with van der Waals surface area (Å²) < 4.78 is 0. The second kappa shape index (κ2) is 6.09. The van der Waals surface area contributed by atoms with Crippen LogP contribution in [0.5, 0.6) is 0 Å². The number of benzene rings is 1. The molecule has 1 N–H and O–H groups in total. The minimum atomic E-state index is 0.454. The van der Waals surface area contributed by atoms with E-state index < -0.39 is 0 Å². The van der Waals surface area contributed by atoms with Gasteiger partial charge in [-0.3, -0.25) is 0 Å². The lowest BCUT2D eigenvalue weighted by Gasteiger charge is -2.26. The summed E-state index contributed by atoms with van der Waals surface area (Å²) in [5, 5.41) is 3.83. The Balaban J connectivity index is 2.06. The second-order valence-electron chi connectivity index (χ2n) is 6.51. The lowest BCUT2D eigenvalue weighted by atomic mass is 9.94. The van der Waals surface area contributed by atoms with Gasteiger partial charge in [-0.15, -0.1) is 0 Å². The molecule has 1 aliphatic carbocycles. The van der Waals surface area contributed by atoms with Gasteiger partial charge in [0.1, 0.15) is 0 Å². The zero-order valence-electron chi connectivity index (χ0n) is 13.2. The molecule has 1 unspecified atom stereocenters. The molecule has 0 bridgehead atoms. The van der Waals surface area contributed by atoms with Crippen molar-refractivity contribution in [1.82, 2.24) is 5.32 Å². The predicted octanol–water partition coefficient (Wildman–Crippen LogP) is 4.84. The molecule has 1 saturated carbocycles. The molecule has 0 aliphatic heterocycles. The first-order valence-corrected chi connectivity index (χ1v) is 7.83. The normalized spacial score (nSPS) is 19.6. The molecule has 0 aromatic heterocycles. The summed E-state index contributed by atoms with van der Waals surface area (Å²) in [6.45, 7) is 11.3. The van der Waals surface area contributed by atoms with Crippen LogP contribution in [0.1, 0.15) is 67.8 Å². The molecule has 2 atom stereocenters. The van der Waals surface area contributed by atoms with E-state index in [4.69, 9.17) is 0 Å². The molecular weight excluding hydrogens is 230 g/mol. The van der Waals surface area contributed by atoms with E-state index in [1.165, 1.54) is 47.9 Å². The van der Waals surface area contributed by atoms with Crippen LogP contribution >= 0.6 is 0 Å². The third kappa shape index (κ3) is 3.39. The fourth-order valence-corrected chi connectivity index (χ4v) is 3.53. The highest BCUT2D eigenvalue weighted by Gasteiger charge is 2.23. The Hall–Kier alpha value is -0.820. The lowest BCUT2D eigenvalue weighted by molar-refractivity contribution is 0.352. The smallest absolute Gasteiger partial charge is 0.0297 e. The summed E-state index contributed by atoms with van der Waals surface area (Å²) in [6.07, 6.45) is 5.67. The Labute approximate surface area is 118 Å². The fourth-order valence-electron chi connectivity index (χ4n) is 3.53. The quantitative estimate of drug-likeness (QED) is 0.815. The molecule has 0 radical (unpaired) electrons. The third-order valence-electron chi connectivity index (χ3n) is 4.97. The highest BCUT2D eigenvalue weighted by molar-refractivity contribution is 5.38. The average Bonchev–Trinajstić information content (AvgIpc) is 2.87. The Kier molecular flexibility index (Phi) is 4.67. The van der Waals surface area contributed by atoms with Gasteiger partial charge in [0, 0.05) is 12.1 Å². The van der Waals surface area contributed by atoms with Gasteiger partial charge in [0.2, 0.25) is 0 Å². The molecule has 2 rings (SSSR count). The maximum Gasteiger partial charge on any atom is 0.0297 e. The van der Waals surface area contributed by atoms with Crippen LogP contribution in [0.25, 0.3) is 0 Å². The van der Waals surface area contributed by atoms with Crippen LogP contribution in [0.3, 0.4) is 0 Å². The van der Waals surface area contributed by atoms with Crippen molar-refractivity contribution in [2.24, 2.45) is 5.92 Å². The highest BCUT2D eigenvalue weighted by Crippen LogP contribution is 2.29. The topological polar surface area (TPSA) is 12.0 Å². The number of nitrogens with one attached hydrogen (secondary N) is 1. The van der Waals surface area contributed by atoms with Crippen molar-refractivity contribution in [3.63, 3.8) is 0 Å². The summed E-state index contributed by atoms with van der Waals surface area (Å²) in [4.78, 5) is 0. The van der Waals surface area contributed by atoms with Crippen LogP contribution in [0, 0.1) is 26.7 Å². The van der Waals surface area contributed by atoms with Gasteiger partial charge in [0.15, 0.2) is 0 Å². The molecule has 1 aromatic rings. The lowest BCUT2D eigenvalue weighted by Crippen LogP contribution is -2.34. The molecule has 0 amide bonds. The highest BCUT2D eigenvalue weighted by atomic mass is 14.9. The van der Waals surface area contributed by atoms with E-state index in [0.717, 1.165) is 5.92 Å². The molecule has 1 aliphatic rings. The molecular formula is C18H29N. The van der Waals surface area contributed by atoms with E-state index in [1.54, 1.807) is 0 Å². The Morgan fingerprint density at radius 3 is 2.16 bits per heavy atom. The molecule has 1 nitrogen and oxygen atoms in total. The monoisotopic (exact) mass is 259 g/mol. The Morgan fingerprint density at radius 1 is 0.947 bits per heavy atom. The second-order valence-corrected chi connectivity index (χ2v) is 6.51. The van der Waals surface area contributed by atoms with Crippen molar-refractivity contribution in [1.29, 1.82) is 0 Å². The van der Waals surface area contributed by atoms with E-state index in [0.29, 0.717) is 12.1 Å². The van der Waals surface area contributed by atoms with Gasteiger partial charge in [0.05, 0.1) is 0 Å². The van der Waals surface area contributed by atoms with Crippen molar-refractivity contribution in [3.8, 4) is 0 Å². The maximum atomic E-state index is 3.83. The van der Waals surface area contributed by atoms with E-state index in [9.17, 15) is 0 Å². The van der Waals surface area contributed by atoms with Crippen molar-refractivity contribution in [2.45, 2.75) is 72.4 Å². The van der Waals surface area contributed by atoms with Crippen LogP contribution in [0.15, 0.2) is 12.1 Å². The van der Waals surface area contributed by atoms with Crippen LogP contribution in [-0.2, 0) is 0 Å². The van der Waals surface area contributed by atoms with Crippen molar-refractivity contribution in [3.05, 3.63) is 34.4 Å². The van der Waals surface area contributed by atoms with Gasteiger partial charge in [-0.1, -0.05) is 25.0 Å². The molecule has 106 valence electrons. The molecule has 19 heavy (non-hydrogen) atoms. The minimum Gasteiger partial charge on any atom is -0.307 e. The standard InChI is InChI=1S/C18H29N/c1-12-10-14(3)18(11-13(12)2)16(5)19-15(4)17-8-6-7-9-17/h10-11,15-17,19H,6-9H2,1-5H3/t15-,16?/m1/s1. The van der Waals surface area contributed by atoms with Gasteiger partial charge in [0.25, 0.3) is 0 Å². The molecule has 0 saturated heterocycles. The van der Waals surface area contributed by atoms with Crippen LogP contribution in [-0.4, -0.2) is 6.04 Å². The van der Waals surface area contributed by atoms with E-state index in [2.05, 4.69) is 52.1 Å². The number of rotatable bonds is 4. The molecule has 1 fully saturated rings. The van der Waals surface area contributed by atoms with Crippen molar-refractivity contribution < 1.29 is 0 Å². The fraction of sp³-hybridized carbons (Fsp3) is 0.667. The van der Waals surface area contributed by atoms with Crippen LogP contribution < -0.4 is 5.32 Å². The Bertz CT molecular complexity index is 430. The Morgan fingerprint density at radius 2 is 1.53 bits per heavy atom. The van der Waals surface area contributed by atoms with E-state index in [1.807, 2.05) is 0 Å². The van der Waals surface area contributed by atoms with Crippen molar-refractivity contribution >= 4 is 0 Å². The first kappa shape index (κ1) is 14.6. The summed E-state index contributed by atoms with van der Waals surface area (Å²) >= 11 is 0. The number of hydrogen-bond donors (Lipinski definition) is 1. The SMILES string of the molecule is Cc1cc(C)c(C(C)N[C@H](C)C2CCCC2)cc1C. The maximum absolute atomic E-state index is 3.83. The summed E-state index contributed by atoms with van der Waals surface area (Å²) in [6, 6.07) is 5.78. The molecule has 0 heterocycles. The van der Waals surface area contributed by atoms with Gasteiger partial charge in [-0.2, -0.15) is 0 Å².